The number of carbonyl (C=O) groups is 1. The zero-order valence-corrected chi connectivity index (χ0v) is 5.32. The lowest BCUT2D eigenvalue weighted by molar-refractivity contribution is -0.138. The van der Waals surface area contributed by atoms with Crippen molar-refractivity contribution in [3.63, 3.8) is 0 Å². The summed E-state index contributed by atoms with van der Waals surface area (Å²) >= 11 is 0. The van der Waals surface area contributed by atoms with Gasteiger partial charge in [-0.25, -0.2) is 0 Å². The van der Waals surface area contributed by atoms with Gasteiger partial charge in [-0.3, -0.25) is 4.79 Å². The first-order chi connectivity index (χ1) is 3.69. The van der Waals surface area contributed by atoms with Gasteiger partial charge in [0.2, 0.25) is 5.91 Å². The van der Waals surface area contributed by atoms with Crippen LogP contribution < -0.4 is 5.32 Å². The van der Waals surface area contributed by atoms with Crippen LogP contribution in [0.2, 0.25) is 0 Å². The molecule has 1 rings (SSSR count). The van der Waals surface area contributed by atoms with Gasteiger partial charge in [0, 0.05) is 6.54 Å². The summed E-state index contributed by atoms with van der Waals surface area (Å²) in [6.07, 6.45) is 0.957. The van der Waals surface area contributed by atoms with E-state index in [0.717, 1.165) is 13.0 Å². The second kappa shape index (κ2) is 1.47. The van der Waals surface area contributed by atoms with Crippen LogP contribution in [-0.2, 0) is 4.79 Å². The molecule has 0 aromatic rings. The van der Waals surface area contributed by atoms with Crippen LogP contribution in [0.4, 0.5) is 0 Å². The fourth-order valence-corrected chi connectivity index (χ4v) is 0.748. The third-order valence-corrected chi connectivity index (χ3v) is 1.97. The maximum absolute atomic E-state index is 10.7. The van der Waals surface area contributed by atoms with Crippen molar-refractivity contribution in [2.45, 2.75) is 20.3 Å². The summed E-state index contributed by atoms with van der Waals surface area (Å²) in [5.74, 6) is 0.208. The van der Waals surface area contributed by atoms with E-state index in [-0.39, 0.29) is 11.3 Å². The van der Waals surface area contributed by atoms with Crippen molar-refractivity contribution < 1.29 is 4.79 Å². The van der Waals surface area contributed by atoms with Gasteiger partial charge in [-0.2, -0.15) is 0 Å². The molecule has 0 saturated carbocycles. The van der Waals surface area contributed by atoms with Crippen LogP contribution in [-0.4, -0.2) is 12.5 Å². The topological polar surface area (TPSA) is 29.1 Å². The van der Waals surface area contributed by atoms with Crippen LogP contribution >= 0.6 is 0 Å². The van der Waals surface area contributed by atoms with Crippen molar-refractivity contribution in [1.29, 1.82) is 0 Å². The number of hydrogen-bond donors (Lipinski definition) is 1. The van der Waals surface area contributed by atoms with E-state index in [1.807, 2.05) is 13.8 Å². The first kappa shape index (κ1) is 5.60. The Labute approximate surface area is 49.3 Å². The summed E-state index contributed by atoms with van der Waals surface area (Å²) in [4.78, 5) is 10.7. The molecule has 0 aromatic heterocycles. The highest BCUT2D eigenvalue weighted by molar-refractivity contribution is 5.88. The molecule has 1 aliphatic rings. The van der Waals surface area contributed by atoms with E-state index in [0.29, 0.717) is 0 Å². The molecule has 2 nitrogen and oxygen atoms in total. The summed E-state index contributed by atoms with van der Waals surface area (Å²) in [5, 5.41) is 2.71. The van der Waals surface area contributed by atoms with E-state index in [2.05, 4.69) is 5.32 Å². The van der Waals surface area contributed by atoms with Crippen molar-refractivity contribution in [1.82, 2.24) is 5.32 Å². The molecule has 0 aromatic carbocycles. The molecular weight excluding hydrogens is 102 g/mol. The summed E-state index contributed by atoms with van der Waals surface area (Å²) < 4.78 is 0. The molecule has 1 saturated heterocycles. The highest BCUT2D eigenvalue weighted by Gasteiger charge is 2.39. The van der Waals surface area contributed by atoms with E-state index in [4.69, 9.17) is 0 Å². The van der Waals surface area contributed by atoms with Gasteiger partial charge in [-0.05, 0) is 13.3 Å². The summed E-state index contributed by atoms with van der Waals surface area (Å²) in [6, 6.07) is 0. The third kappa shape index (κ3) is 0.522. The quantitative estimate of drug-likeness (QED) is 0.494. The fourth-order valence-electron chi connectivity index (χ4n) is 0.748. The van der Waals surface area contributed by atoms with Gasteiger partial charge in [0.25, 0.3) is 0 Å². The molecule has 0 spiro atoms. The van der Waals surface area contributed by atoms with Gasteiger partial charge < -0.3 is 5.32 Å². The lowest BCUT2D eigenvalue weighted by Gasteiger charge is -2.36. The predicted molar refractivity (Wildman–Crippen MR) is 31.4 cm³/mol. The van der Waals surface area contributed by atoms with Crippen LogP contribution in [0.15, 0.2) is 0 Å². The van der Waals surface area contributed by atoms with Crippen LogP contribution in [0, 0.1) is 5.41 Å². The second-order valence-electron chi connectivity index (χ2n) is 2.60. The molecule has 8 heavy (non-hydrogen) atoms. The average molecular weight is 113 g/mol. The number of rotatable bonds is 1. The monoisotopic (exact) mass is 113 g/mol. The molecule has 0 unspecified atom stereocenters. The summed E-state index contributed by atoms with van der Waals surface area (Å²) in [6.45, 7) is 4.90. The highest BCUT2D eigenvalue weighted by atomic mass is 16.2. The van der Waals surface area contributed by atoms with Crippen molar-refractivity contribution in [2.24, 2.45) is 5.41 Å². The van der Waals surface area contributed by atoms with E-state index in [1.165, 1.54) is 0 Å². The predicted octanol–water partition coefficient (Wildman–Crippen LogP) is 0.532. The van der Waals surface area contributed by atoms with Crippen molar-refractivity contribution >= 4 is 5.91 Å². The normalized spacial score (nSPS) is 36.0. The molecule has 0 radical (unpaired) electrons. The molecule has 1 fully saturated rings. The van der Waals surface area contributed by atoms with Crippen LogP contribution in [0.5, 0.6) is 0 Å². The minimum Gasteiger partial charge on any atom is -0.355 e. The summed E-state index contributed by atoms with van der Waals surface area (Å²) in [5.41, 5.74) is -0.0278. The van der Waals surface area contributed by atoms with E-state index in [1.54, 1.807) is 0 Å². The molecule has 46 valence electrons. The zero-order chi connectivity index (χ0) is 6.20. The Balaban J connectivity index is 2.55. The smallest absolute Gasteiger partial charge is 0.227 e. The first-order valence-corrected chi connectivity index (χ1v) is 2.97. The van der Waals surface area contributed by atoms with Crippen LogP contribution in [0.1, 0.15) is 20.3 Å². The van der Waals surface area contributed by atoms with E-state index >= 15 is 0 Å². The molecule has 0 aliphatic carbocycles. The minimum absolute atomic E-state index is 0.0278. The van der Waals surface area contributed by atoms with Gasteiger partial charge in [-0.1, -0.05) is 6.92 Å². The van der Waals surface area contributed by atoms with Crippen molar-refractivity contribution in [3.05, 3.63) is 0 Å². The number of hydrogen-bond acceptors (Lipinski definition) is 1. The number of carbonyl (C=O) groups excluding carboxylic acids is 1. The van der Waals surface area contributed by atoms with Crippen molar-refractivity contribution in [3.8, 4) is 0 Å². The maximum Gasteiger partial charge on any atom is 0.227 e. The molecule has 0 bridgehead atoms. The molecule has 2 heteroatoms. The van der Waals surface area contributed by atoms with E-state index < -0.39 is 0 Å². The number of nitrogens with one attached hydrogen (secondary N) is 1. The van der Waals surface area contributed by atoms with Gasteiger partial charge in [-0.15, -0.1) is 0 Å². The Hall–Kier alpha value is -0.530. The lowest BCUT2D eigenvalue weighted by atomic mass is 9.81. The fraction of sp³-hybridized carbons (Fsp3) is 0.833. The van der Waals surface area contributed by atoms with E-state index in [9.17, 15) is 4.79 Å². The summed E-state index contributed by atoms with van der Waals surface area (Å²) in [7, 11) is 0. The Kier molecular flexibility index (Phi) is 1.03. The minimum atomic E-state index is -0.0278. The van der Waals surface area contributed by atoms with Crippen molar-refractivity contribution in [2.75, 3.05) is 6.54 Å². The maximum atomic E-state index is 10.7. The standard InChI is InChI=1S/C6H11NO/c1-3-6(2)4-7-5(6)8/h3-4H2,1-2H3,(H,7,8)/t6-/m1/s1. The van der Waals surface area contributed by atoms with Gasteiger partial charge in [0.15, 0.2) is 0 Å². The largest absolute Gasteiger partial charge is 0.355 e. The second-order valence-corrected chi connectivity index (χ2v) is 2.60. The molecule has 1 atom stereocenters. The molecular formula is C6H11NO. The Bertz CT molecular complexity index is 118. The Morgan fingerprint density at radius 3 is 2.50 bits per heavy atom. The molecule has 1 heterocycles. The zero-order valence-electron chi connectivity index (χ0n) is 5.32. The highest BCUT2D eigenvalue weighted by Crippen LogP contribution is 2.26. The SMILES string of the molecule is CC[C@]1(C)CNC1=O. The molecule has 1 N–H and O–H groups in total. The van der Waals surface area contributed by atoms with Crippen LogP contribution in [0.3, 0.4) is 0 Å². The lowest BCUT2D eigenvalue weighted by Crippen LogP contribution is -2.56. The molecule has 1 amide bonds. The van der Waals surface area contributed by atoms with Crippen LogP contribution in [0.25, 0.3) is 0 Å². The Morgan fingerprint density at radius 1 is 1.88 bits per heavy atom. The van der Waals surface area contributed by atoms with Gasteiger partial charge >= 0.3 is 0 Å². The first-order valence-electron chi connectivity index (χ1n) is 2.97. The number of β-lactam (4-membered cyclic amide) rings is 1. The number of amides is 1. The van der Waals surface area contributed by atoms with Gasteiger partial charge in [0.05, 0.1) is 5.41 Å². The third-order valence-electron chi connectivity index (χ3n) is 1.97. The Morgan fingerprint density at radius 2 is 2.50 bits per heavy atom. The average Bonchev–Trinajstić information content (AvgIpc) is 1.83. The molecule has 1 aliphatic heterocycles. The van der Waals surface area contributed by atoms with Gasteiger partial charge in [0.1, 0.15) is 0 Å².